The van der Waals surface area contributed by atoms with E-state index in [2.05, 4.69) is 9.82 Å². The Morgan fingerprint density at radius 1 is 1.39 bits per heavy atom. The Morgan fingerprint density at radius 3 is 2.78 bits per heavy atom. The van der Waals surface area contributed by atoms with Crippen LogP contribution in [0.1, 0.15) is 16.1 Å². The summed E-state index contributed by atoms with van der Waals surface area (Å²) in [4.78, 5) is 31.2. The van der Waals surface area contributed by atoms with Crippen molar-refractivity contribution in [2.45, 2.75) is 13.1 Å². The predicted octanol–water partition coefficient (Wildman–Crippen LogP) is 1.73. The number of hydrogen-bond donors (Lipinski definition) is 2. The van der Waals surface area contributed by atoms with Crippen LogP contribution in [0.25, 0.3) is 11.3 Å². The van der Waals surface area contributed by atoms with Gasteiger partial charge < -0.3 is 20.2 Å². The maximum absolute atomic E-state index is 11.8. The highest BCUT2D eigenvalue weighted by molar-refractivity contribution is 6.36. The van der Waals surface area contributed by atoms with Crippen molar-refractivity contribution in [3.05, 3.63) is 40.8 Å². The van der Waals surface area contributed by atoms with Gasteiger partial charge in [0.05, 0.1) is 35.1 Å². The lowest BCUT2D eigenvalue weighted by molar-refractivity contribution is -0.135. The quantitative estimate of drug-likeness (QED) is 0.883. The third kappa shape index (κ3) is 2.73. The van der Waals surface area contributed by atoms with Crippen LogP contribution >= 0.6 is 11.6 Å². The van der Waals surface area contributed by atoms with Gasteiger partial charge in [0.2, 0.25) is 0 Å². The number of nitrogens with two attached hydrogens (primary N) is 1. The second-order valence-corrected chi connectivity index (χ2v) is 5.34. The molecule has 0 spiro atoms. The molecule has 0 saturated heterocycles. The molecule has 0 fully saturated rings. The smallest absolute Gasteiger partial charge is 0.448 e. The molecule has 3 heterocycles. The highest BCUT2D eigenvalue weighted by atomic mass is 35.5. The number of primary amides is 1. The number of fused-ring (bicyclic) bond motifs is 1. The highest BCUT2D eigenvalue weighted by Gasteiger charge is 2.31. The van der Waals surface area contributed by atoms with Gasteiger partial charge in [0.15, 0.2) is 0 Å². The fourth-order valence-corrected chi connectivity index (χ4v) is 3.14. The second kappa shape index (κ2) is 5.90. The molecule has 3 rings (SSSR count). The molecule has 0 radical (unpaired) electrons. The first-order chi connectivity index (χ1) is 11.0. The zero-order chi connectivity index (χ0) is 16.6. The average Bonchev–Trinajstić information content (AvgIpc) is 2.78. The van der Waals surface area contributed by atoms with Crippen molar-refractivity contribution in [1.29, 1.82) is 0 Å². The van der Waals surface area contributed by atoms with Crippen LogP contribution in [0.4, 0.5) is 4.79 Å². The summed E-state index contributed by atoms with van der Waals surface area (Å²) in [6, 6.07) is 3.59. The van der Waals surface area contributed by atoms with Crippen LogP contribution in [0.5, 0.6) is 0 Å². The van der Waals surface area contributed by atoms with Gasteiger partial charge in [-0.05, 0) is 12.1 Å². The SMILES string of the molecule is NC(=O)c1c(Cl)c(-c2cccnc2)n2c1CN(OC(=O)O)CC2. The minimum Gasteiger partial charge on any atom is -0.448 e. The van der Waals surface area contributed by atoms with Gasteiger partial charge in [-0.1, -0.05) is 11.6 Å². The molecular formula is C14H13ClN4O4. The molecule has 23 heavy (non-hydrogen) atoms. The van der Waals surface area contributed by atoms with Gasteiger partial charge in [-0.3, -0.25) is 9.78 Å². The van der Waals surface area contributed by atoms with Crippen molar-refractivity contribution in [1.82, 2.24) is 14.6 Å². The maximum atomic E-state index is 11.8. The van der Waals surface area contributed by atoms with Gasteiger partial charge in [0.1, 0.15) is 0 Å². The Labute approximate surface area is 136 Å². The van der Waals surface area contributed by atoms with Crippen molar-refractivity contribution in [2.75, 3.05) is 6.54 Å². The fourth-order valence-electron chi connectivity index (χ4n) is 2.73. The zero-order valence-corrected chi connectivity index (χ0v) is 12.7. The lowest BCUT2D eigenvalue weighted by Crippen LogP contribution is -2.36. The molecule has 0 aliphatic carbocycles. The molecule has 2 aromatic rings. The highest BCUT2D eigenvalue weighted by Crippen LogP contribution is 2.37. The van der Waals surface area contributed by atoms with E-state index in [1.54, 1.807) is 18.5 Å². The fraction of sp³-hybridized carbons (Fsp3) is 0.214. The van der Waals surface area contributed by atoms with Crippen LogP contribution in [0, 0.1) is 0 Å². The van der Waals surface area contributed by atoms with Gasteiger partial charge in [-0.25, -0.2) is 4.79 Å². The molecule has 1 amide bonds. The van der Waals surface area contributed by atoms with Crippen molar-refractivity contribution < 1.29 is 19.5 Å². The Bertz CT molecular complexity index is 775. The third-order valence-corrected chi connectivity index (χ3v) is 3.97. The van der Waals surface area contributed by atoms with E-state index in [4.69, 9.17) is 22.4 Å². The monoisotopic (exact) mass is 336 g/mol. The van der Waals surface area contributed by atoms with Crippen molar-refractivity contribution in [3.8, 4) is 11.3 Å². The minimum absolute atomic E-state index is 0.0879. The molecule has 120 valence electrons. The van der Waals surface area contributed by atoms with E-state index in [9.17, 15) is 9.59 Å². The van der Waals surface area contributed by atoms with Crippen LogP contribution in [0.15, 0.2) is 24.5 Å². The molecule has 0 saturated carbocycles. The lowest BCUT2D eigenvalue weighted by Gasteiger charge is -2.27. The number of rotatable bonds is 3. The lowest BCUT2D eigenvalue weighted by atomic mass is 10.1. The number of halogens is 1. The Balaban J connectivity index is 2.11. The van der Waals surface area contributed by atoms with E-state index in [0.717, 1.165) is 5.56 Å². The summed E-state index contributed by atoms with van der Waals surface area (Å²) in [5.74, 6) is -0.675. The first-order valence-corrected chi connectivity index (χ1v) is 7.13. The number of carbonyl (C=O) groups excluding carboxylic acids is 1. The molecule has 0 bridgehead atoms. The van der Waals surface area contributed by atoms with E-state index in [-0.39, 0.29) is 17.1 Å². The van der Waals surface area contributed by atoms with Crippen LogP contribution in [0.2, 0.25) is 5.02 Å². The maximum Gasteiger partial charge on any atom is 0.525 e. The van der Waals surface area contributed by atoms with E-state index >= 15 is 0 Å². The molecule has 9 heteroatoms. The number of carboxylic acid groups (broad SMARTS) is 1. The molecule has 3 N–H and O–H groups in total. The Morgan fingerprint density at radius 2 is 2.17 bits per heavy atom. The summed E-state index contributed by atoms with van der Waals surface area (Å²) >= 11 is 6.38. The first-order valence-electron chi connectivity index (χ1n) is 6.76. The average molecular weight is 337 g/mol. The van der Waals surface area contributed by atoms with Gasteiger partial charge in [-0.2, -0.15) is 0 Å². The van der Waals surface area contributed by atoms with Crippen molar-refractivity contribution in [2.24, 2.45) is 5.73 Å². The molecule has 2 aromatic heterocycles. The summed E-state index contributed by atoms with van der Waals surface area (Å²) in [6.45, 7) is 0.820. The number of hydrogen-bond acceptors (Lipinski definition) is 5. The van der Waals surface area contributed by atoms with Gasteiger partial charge in [0.25, 0.3) is 5.91 Å². The third-order valence-electron chi connectivity index (χ3n) is 3.60. The molecule has 0 unspecified atom stereocenters. The van der Waals surface area contributed by atoms with E-state index in [1.807, 2.05) is 10.6 Å². The van der Waals surface area contributed by atoms with E-state index in [1.165, 1.54) is 5.06 Å². The normalized spacial score (nSPS) is 14.3. The standard InChI is InChI=1S/C14H13ClN4O4/c15-11-10(13(16)20)9-7-18(23-14(21)22)4-5-19(9)12(11)8-2-1-3-17-6-8/h1-3,6H,4-5,7H2,(H2,16,20)(H,21,22). The molecule has 0 atom stereocenters. The summed E-state index contributed by atoms with van der Waals surface area (Å²) in [7, 11) is 0. The summed E-state index contributed by atoms with van der Waals surface area (Å²) in [6.07, 6.45) is 1.86. The van der Waals surface area contributed by atoms with Crippen LogP contribution in [0.3, 0.4) is 0 Å². The minimum atomic E-state index is -1.41. The summed E-state index contributed by atoms with van der Waals surface area (Å²) in [5.41, 5.74) is 7.53. The number of amides is 1. The van der Waals surface area contributed by atoms with Crippen molar-refractivity contribution >= 4 is 23.7 Å². The Kier molecular flexibility index (Phi) is 3.93. The number of hydroxylamine groups is 2. The van der Waals surface area contributed by atoms with E-state index < -0.39 is 12.1 Å². The zero-order valence-electron chi connectivity index (χ0n) is 11.9. The van der Waals surface area contributed by atoms with Crippen LogP contribution < -0.4 is 5.73 Å². The van der Waals surface area contributed by atoms with Gasteiger partial charge in [-0.15, -0.1) is 5.06 Å². The molecule has 1 aliphatic rings. The number of carbonyl (C=O) groups is 2. The molecule has 8 nitrogen and oxygen atoms in total. The number of aromatic nitrogens is 2. The van der Waals surface area contributed by atoms with Gasteiger partial charge in [0, 0.05) is 24.5 Å². The largest absolute Gasteiger partial charge is 0.525 e. The predicted molar refractivity (Wildman–Crippen MR) is 80.7 cm³/mol. The first kappa shape index (κ1) is 15.3. The van der Waals surface area contributed by atoms with Gasteiger partial charge >= 0.3 is 6.16 Å². The topological polar surface area (TPSA) is 111 Å². The number of pyridine rings is 1. The summed E-state index contributed by atoms with van der Waals surface area (Å²) < 4.78 is 1.85. The number of nitrogens with zero attached hydrogens (tertiary/aromatic N) is 3. The molecular weight excluding hydrogens is 324 g/mol. The Hall–Kier alpha value is -2.58. The van der Waals surface area contributed by atoms with Crippen LogP contribution in [-0.2, 0) is 17.9 Å². The summed E-state index contributed by atoms with van der Waals surface area (Å²) in [5, 5.41) is 10.2. The second-order valence-electron chi connectivity index (χ2n) is 4.96. The van der Waals surface area contributed by atoms with E-state index in [0.29, 0.717) is 24.5 Å². The molecule has 1 aliphatic heterocycles. The van der Waals surface area contributed by atoms with Crippen molar-refractivity contribution in [3.63, 3.8) is 0 Å². The molecule has 0 aromatic carbocycles. The van der Waals surface area contributed by atoms with Crippen LogP contribution in [-0.4, -0.2) is 38.3 Å².